The van der Waals surface area contributed by atoms with E-state index in [4.69, 9.17) is 9.47 Å². The molecule has 2 aliphatic heterocycles. The van der Waals surface area contributed by atoms with E-state index in [-0.39, 0.29) is 11.3 Å². The van der Waals surface area contributed by atoms with Gasteiger partial charge < -0.3 is 19.5 Å². The molecule has 1 unspecified atom stereocenters. The van der Waals surface area contributed by atoms with Crippen molar-refractivity contribution in [1.82, 2.24) is 0 Å². The Bertz CT molecular complexity index is 1350. The fraction of sp³-hybridized carbons (Fsp3) is 0.214. The van der Waals surface area contributed by atoms with E-state index in [2.05, 4.69) is 0 Å². The van der Waals surface area contributed by atoms with Crippen LogP contribution in [0.1, 0.15) is 22.7 Å². The van der Waals surface area contributed by atoms with Gasteiger partial charge >= 0.3 is 0 Å². The maximum atomic E-state index is 13.4. The van der Waals surface area contributed by atoms with Crippen LogP contribution in [0.3, 0.4) is 0 Å². The number of hydrogen-bond acceptors (Lipinski definition) is 6. The highest BCUT2D eigenvalue weighted by Crippen LogP contribution is 2.43. The first-order valence-corrected chi connectivity index (χ1v) is 11.4. The van der Waals surface area contributed by atoms with Crippen LogP contribution >= 0.6 is 0 Å². The summed E-state index contributed by atoms with van der Waals surface area (Å²) in [5.74, 6) is -0.364. The van der Waals surface area contributed by atoms with Crippen molar-refractivity contribution >= 4 is 28.8 Å². The first-order valence-electron chi connectivity index (χ1n) is 11.4. The average Bonchev–Trinajstić information content (AvgIpc) is 3.14. The molecule has 1 amide bonds. The van der Waals surface area contributed by atoms with Crippen molar-refractivity contribution in [3.63, 3.8) is 0 Å². The zero-order valence-corrected chi connectivity index (χ0v) is 19.8. The molecule has 1 atom stereocenters. The molecule has 1 N–H and O–H groups in total. The number of carbonyl (C=O) groups is 2. The molecule has 7 heteroatoms. The zero-order valence-electron chi connectivity index (χ0n) is 19.8. The summed E-state index contributed by atoms with van der Waals surface area (Å²) in [6, 6.07) is 19.0. The summed E-state index contributed by atoms with van der Waals surface area (Å²) in [5.41, 5.74) is 3.54. The summed E-state index contributed by atoms with van der Waals surface area (Å²) in [6.07, 6.45) is 0. The van der Waals surface area contributed by atoms with E-state index in [0.717, 1.165) is 11.3 Å². The van der Waals surface area contributed by atoms with Gasteiger partial charge in [0.15, 0.2) is 0 Å². The van der Waals surface area contributed by atoms with Gasteiger partial charge in [-0.25, -0.2) is 0 Å². The molecule has 0 aliphatic carbocycles. The standard InChI is InChI=1S/C28H26N2O5/c1-17-7-10-20(11-8-17)30-25(18-5-4-6-21(15-18)34-3)24(27(32)28(30)33)26(31)19-9-12-23-22(16-19)29(2)13-14-35-23/h4-12,15-16,25,31H,13-14H2,1-3H3/b26-24-. The van der Waals surface area contributed by atoms with Gasteiger partial charge in [0.1, 0.15) is 23.9 Å². The van der Waals surface area contributed by atoms with Crippen molar-refractivity contribution in [2.45, 2.75) is 13.0 Å². The number of aliphatic hydroxyl groups excluding tert-OH is 1. The van der Waals surface area contributed by atoms with Gasteiger partial charge in [0.25, 0.3) is 11.7 Å². The Hall–Kier alpha value is -4.26. The fourth-order valence-corrected chi connectivity index (χ4v) is 4.58. The molecule has 3 aromatic rings. The number of aliphatic hydroxyl groups is 1. The van der Waals surface area contributed by atoms with E-state index in [1.54, 1.807) is 55.6 Å². The van der Waals surface area contributed by atoms with Crippen LogP contribution < -0.4 is 19.3 Å². The summed E-state index contributed by atoms with van der Waals surface area (Å²) >= 11 is 0. The number of anilines is 2. The number of fused-ring (bicyclic) bond motifs is 1. The Morgan fingerprint density at radius 2 is 1.83 bits per heavy atom. The third-order valence-corrected chi connectivity index (χ3v) is 6.49. The largest absolute Gasteiger partial charge is 0.507 e. The summed E-state index contributed by atoms with van der Waals surface area (Å²) in [5, 5.41) is 11.5. The third-order valence-electron chi connectivity index (χ3n) is 6.49. The molecule has 2 aliphatic rings. The van der Waals surface area contributed by atoms with Gasteiger partial charge in [0.05, 0.1) is 31.0 Å². The molecule has 0 radical (unpaired) electrons. The first-order chi connectivity index (χ1) is 16.9. The number of likely N-dealkylation sites (N-methyl/N-ethyl adjacent to an activating group) is 1. The second-order valence-corrected chi connectivity index (χ2v) is 8.73. The number of amides is 1. The molecule has 0 spiro atoms. The number of aryl methyl sites for hydroxylation is 1. The van der Waals surface area contributed by atoms with E-state index in [1.165, 1.54) is 4.90 Å². The van der Waals surface area contributed by atoms with Crippen LogP contribution in [-0.4, -0.2) is 44.1 Å². The summed E-state index contributed by atoms with van der Waals surface area (Å²) < 4.78 is 11.1. The Kier molecular flexibility index (Phi) is 5.68. The Balaban J connectivity index is 1.70. The normalized spacial score (nSPS) is 18.9. The number of nitrogens with zero attached hydrogens (tertiary/aromatic N) is 2. The number of methoxy groups -OCH3 is 1. The predicted octanol–water partition coefficient (Wildman–Crippen LogP) is 4.46. The molecule has 1 fully saturated rings. The maximum absolute atomic E-state index is 13.4. The Labute approximate surface area is 203 Å². The van der Waals surface area contributed by atoms with E-state index in [9.17, 15) is 14.7 Å². The lowest BCUT2D eigenvalue weighted by Gasteiger charge is -2.28. The van der Waals surface area contributed by atoms with E-state index in [1.807, 2.05) is 37.1 Å². The first kappa shape index (κ1) is 22.5. The molecule has 2 heterocycles. The lowest BCUT2D eigenvalue weighted by Crippen LogP contribution is -2.29. The average molecular weight is 471 g/mol. The van der Waals surface area contributed by atoms with Crippen molar-refractivity contribution in [3.8, 4) is 11.5 Å². The number of Topliss-reactive ketones (excluding diaryl/α,β-unsaturated/α-hetero) is 1. The number of rotatable bonds is 4. The topological polar surface area (TPSA) is 79.3 Å². The highest BCUT2D eigenvalue weighted by atomic mass is 16.5. The van der Waals surface area contributed by atoms with Crippen LogP contribution in [0.5, 0.6) is 11.5 Å². The second kappa shape index (κ2) is 8.83. The van der Waals surface area contributed by atoms with Gasteiger partial charge in [-0.05, 0) is 55.0 Å². The van der Waals surface area contributed by atoms with Crippen molar-refractivity contribution in [1.29, 1.82) is 0 Å². The lowest BCUT2D eigenvalue weighted by molar-refractivity contribution is -0.132. The van der Waals surface area contributed by atoms with Gasteiger partial charge in [0, 0.05) is 18.3 Å². The Morgan fingerprint density at radius 1 is 1.06 bits per heavy atom. The molecule has 0 saturated carbocycles. The van der Waals surface area contributed by atoms with E-state index >= 15 is 0 Å². The van der Waals surface area contributed by atoms with Gasteiger partial charge in [-0.15, -0.1) is 0 Å². The molecule has 0 aromatic heterocycles. The van der Waals surface area contributed by atoms with E-state index in [0.29, 0.717) is 41.5 Å². The minimum atomic E-state index is -0.821. The molecule has 0 bridgehead atoms. The van der Waals surface area contributed by atoms with Gasteiger partial charge in [-0.1, -0.05) is 29.8 Å². The SMILES string of the molecule is COc1cccc(C2/C(=C(/O)c3ccc4c(c3)N(C)CCO4)C(=O)C(=O)N2c2ccc(C)cc2)c1. The van der Waals surface area contributed by atoms with Crippen LogP contribution in [0, 0.1) is 6.92 Å². The van der Waals surface area contributed by atoms with Crippen LogP contribution in [0.4, 0.5) is 11.4 Å². The summed E-state index contributed by atoms with van der Waals surface area (Å²) in [4.78, 5) is 30.2. The van der Waals surface area contributed by atoms with Crippen LogP contribution in [0.2, 0.25) is 0 Å². The number of carbonyl (C=O) groups excluding carboxylic acids is 2. The summed E-state index contributed by atoms with van der Waals surface area (Å²) in [6.45, 7) is 3.24. The van der Waals surface area contributed by atoms with Gasteiger partial charge in [-0.2, -0.15) is 0 Å². The van der Waals surface area contributed by atoms with E-state index < -0.39 is 17.7 Å². The minimum Gasteiger partial charge on any atom is -0.507 e. The molecule has 5 rings (SSSR count). The molecule has 1 saturated heterocycles. The van der Waals surface area contributed by atoms with Crippen molar-refractivity contribution in [2.75, 3.05) is 37.1 Å². The Morgan fingerprint density at radius 3 is 2.57 bits per heavy atom. The maximum Gasteiger partial charge on any atom is 0.300 e. The van der Waals surface area contributed by atoms with Gasteiger partial charge in [-0.3, -0.25) is 14.5 Å². The molecule has 35 heavy (non-hydrogen) atoms. The van der Waals surface area contributed by atoms with Crippen molar-refractivity contribution < 1.29 is 24.2 Å². The molecule has 7 nitrogen and oxygen atoms in total. The van der Waals surface area contributed by atoms with Crippen LogP contribution in [0.25, 0.3) is 5.76 Å². The lowest BCUT2D eigenvalue weighted by atomic mass is 9.94. The highest BCUT2D eigenvalue weighted by molar-refractivity contribution is 6.51. The number of benzene rings is 3. The third kappa shape index (κ3) is 3.89. The molecule has 178 valence electrons. The molecular weight excluding hydrogens is 444 g/mol. The fourth-order valence-electron chi connectivity index (χ4n) is 4.58. The van der Waals surface area contributed by atoms with Crippen molar-refractivity contribution in [3.05, 3.63) is 89.0 Å². The molecular formula is C28H26N2O5. The number of ketones is 1. The minimum absolute atomic E-state index is 0.0307. The highest BCUT2D eigenvalue weighted by Gasteiger charge is 2.47. The predicted molar refractivity (Wildman–Crippen MR) is 134 cm³/mol. The summed E-state index contributed by atoms with van der Waals surface area (Å²) in [7, 11) is 3.50. The monoisotopic (exact) mass is 470 g/mol. The van der Waals surface area contributed by atoms with Crippen LogP contribution in [0.15, 0.2) is 72.3 Å². The number of ether oxygens (including phenoxy) is 2. The molecule has 3 aromatic carbocycles. The van der Waals surface area contributed by atoms with Crippen molar-refractivity contribution in [2.24, 2.45) is 0 Å². The quantitative estimate of drug-likeness (QED) is 0.345. The van der Waals surface area contributed by atoms with Gasteiger partial charge in [0.2, 0.25) is 0 Å². The number of hydrogen-bond donors (Lipinski definition) is 1. The van der Waals surface area contributed by atoms with Crippen LogP contribution in [-0.2, 0) is 9.59 Å². The smallest absolute Gasteiger partial charge is 0.300 e. The zero-order chi connectivity index (χ0) is 24.7. The second-order valence-electron chi connectivity index (χ2n) is 8.73.